The molecular weight excluding hydrogens is 642 g/mol. The maximum absolute atomic E-state index is 13.3. The molecule has 1 fully saturated rings. The molecule has 16 heteroatoms. The number of ether oxygens (including phenoxy) is 1. The minimum absolute atomic E-state index is 0.0693. The first-order chi connectivity index (χ1) is 20.8. The zero-order valence-corrected chi connectivity index (χ0v) is 26.3. The van der Waals surface area contributed by atoms with Crippen LogP contribution in [0.15, 0.2) is 52.2 Å². The Hall–Kier alpha value is -3.47. The van der Waals surface area contributed by atoms with E-state index in [0.29, 0.717) is 29.6 Å². The van der Waals surface area contributed by atoms with Gasteiger partial charge in [0.2, 0.25) is 0 Å². The van der Waals surface area contributed by atoms with Gasteiger partial charge in [0.1, 0.15) is 9.22 Å². The third-order valence-corrected chi connectivity index (χ3v) is 11.0. The van der Waals surface area contributed by atoms with E-state index in [1.165, 1.54) is 15.6 Å². The summed E-state index contributed by atoms with van der Waals surface area (Å²) in [4.78, 5) is 32.6. The summed E-state index contributed by atoms with van der Waals surface area (Å²) in [5, 5.41) is 10.7. The third-order valence-electron chi connectivity index (χ3n) is 6.76. The molecule has 5 rings (SSSR count). The highest BCUT2D eigenvalue weighted by molar-refractivity contribution is 7.94. The lowest BCUT2D eigenvalue weighted by atomic mass is 9.98. The van der Waals surface area contributed by atoms with E-state index in [1.54, 1.807) is 28.8 Å². The molecule has 1 aliphatic heterocycles. The highest BCUT2D eigenvalue weighted by Crippen LogP contribution is 2.35. The van der Waals surface area contributed by atoms with Crippen molar-refractivity contribution in [3.63, 3.8) is 0 Å². The highest BCUT2D eigenvalue weighted by atomic mass is 32.2. The van der Waals surface area contributed by atoms with Crippen LogP contribution >= 0.6 is 22.7 Å². The number of alkyl halides is 3. The monoisotopic (exact) mass is 672 g/mol. The molecule has 1 atom stereocenters. The zero-order valence-electron chi connectivity index (χ0n) is 23.8. The van der Waals surface area contributed by atoms with Crippen LogP contribution < -0.4 is 4.31 Å². The van der Waals surface area contributed by atoms with Crippen LogP contribution in [0.3, 0.4) is 0 Å². The molecule has 238 valence electrons. The largest absolute Gasteiger partial charge is 0.490 e. The molecule has 1 aromatic carbocycles. The fraction of sp³-hybridized carbons (Fsp3) is 0.393. The van der Waals surface area contributed by atoms with Gasteiger partial charge in [0.25, 0.3) is 10.0 Å². The number of aliphatic carboxylic acids is 1. The van der Waals surface area contributed by atoms with E-state index in [0.717, 1.165) is 52.4 Å². The topological polar surface area (TPSA) is 133 Å². The number of rotatable bonds is 9. The normalized spacial score (nSPS) is 15.9. The minimum atomic E-state index is -5.08. The number of thiophene rings is 1. The number of piperidine rings is 1. The number of thiazole rings is 1. The molecule has 4 aromatic rings. The summed E-state index contributed by atoms with van der Waals surface area (Å²) in [6, 6.07) is 11.1. The standard InChI is InChI=1S/C26H30N4O4S3.C2HF3O2/c1-3-30(37(32,33)23-11-7-13-35-23)22-10-5-8-18-14-21(28-24(18)22)25-27-15-20(36-25)17-29-12-6-9-19(16-29)26(31)34-4-2;3-2(4,5)1(6)7/h5,7-8,10-11,13-15,19,28H,3-4,6,9,12,16-17H2,1-2H3;(H,6,7). The molecule has 0 aliphatic carbocycles. The van der Waals surface area contributed by atoms with E-state index in [-0.39, 0.29) is 11.9 Å². The smallest absolute Gasteiger partial charge is 0.475 e. The van der Waals surface area contributed by atoms with Gasteiger partial charge in [-0.15, -0.1) is 22.7 Å². The van der Waals surface area contributed by atoms with Crippen LogP contribution in [0, 0.1) is 5.92 Å². The number of aromatic nitrogens is 2. The molecular formula is C28H31F3N4O6S3. The number of aromatic amines is 1. The van der Waals surface area contributed by atoms with Crippen LogP contribution in [0.2, 0.25) is 0 Å². The quantitative estimate of drug-likeness (QED) is 0.208. The summed E-state index contributed by atoms with van der Waals surface area (Å²) in [6.07, 6.45) is -1.35. The molecule has 0 spiro atoms. The van der Waals surface area contributed by atoms with Gasteiger partial charge in [-0.3, -0.25) is 14.0 Å². The Morgan fingerprint density at radius 3 is 2.61 bits per heavy atom. The number of hydrogen-bond acceptors (Lipinski definition) is 9. The molecule has 0 saturated carbocycles. The third kappa shape index (κ3) is 7.78. The summed E-state index contributed by atoms with van der Waals surface area (Å²) in [5.74, 6) is -2.93. The van der Waals surface area contributed by atoms with Gasteiger partial charge in [-0.1, -0.05) is 18.2 Å². The number of carboxylic acid groups (broad SMARTS) is 1. The lowest BCUT2D eigenvalue weighted by Gasteiger charge is -2.30. The number of nitrogens with zero attached hydrogens (tertiary/aromatic N) is 3. The van der Waals surface area contributed by atoms with Crippen LogP contribution in [-0.2, 0) is 30.9 Å². The number of halogens is 3. The lowest BCUT2D eigenvalue weighted by molar-refractivity contribution is -0.192. The highest BCUT2D eigenvalue weighted by Gasteiger charge is 2.38. The summed E-state index contributed by atoms with van der Waals surface area (Å²) in [5.41, 5.74) is 2.24. The minimum Gasteiger partial charge on any atom is -0.475 e. The number of fused-ring (bicyclic) bond motifs is 1. The summed E-state index contributed by atoms with van der Waals surface area (Å²) in [6.45, 7) is 6.80. The first kappa shape index (κ1) is 33.4. The van der Waals surface area contributed by atoms with Crippen LogP contribution in [0.1, 0.15) is 31.6 Å². The molecule has 1 unspecified atom stereocenters. The van der Waals surface area contributed by atoms with E-state index in [4.69, 9.17) is 14.6 Å². The first-order valence-electron chi connectivity index (χ1n) is 13.7. The van der Waals surface area contributed by atoms with Crippen LogP contribution in [0.25, 0.3) is 21.6 Å². The summed E-state index contributed by atoms with van der Waals surface area (Å²) in [7, 11) is -3.65. The molecule has 44 heavy (non-hydrogen) atoms. The number of benzene rings is 1. The van der Waals surface area contributed by atoms with Crippen molar-refractivity contribution in [3.8, 4) is 10.7 Å². The number of hydrogen-bond donors (Lipinski definition) is 2. The number of esters is 1. The molecule has 1 aliphatic rings. The number of carbonyl (C=O) groups excluding carboxylic acids is 1. The van der Waals surface area contributed by atoms with Crippen LogP contribution in [0.4, 0.5) is 18.9 Å². The number of anilines is 1. The van der Waals surface area contributed by atoms with E-state index in [1.807, 2.05) is 44.3 Å². The Morgan fingerprint density at radius 1 is 1.23 bits per heavy atom. The van der Waals surface area contributed by atoms with Gasteiger partial charge >= 0.3 is 18.1 Å². The van der Waals surface area contributed by atoms with E-state index in [2.05, 4.69) is 14.9 Å². The van der Waals surface area contributed by atoms with Gasteiger partial charge in [0.05, 0.1) is 29.4 Å². The zero-order chi connectivity index (χ0) is 32.1. The Balaban J connectivity index is 0.000000566. The molecule has 1 saturated heterocycles. The molecule has 4 heterocycles. The Kier molecular flexibility index (Phi) is 10.7. The molecule has 3 aromatic heterocycles. The van der Waals surface area contributed by atoms with E-state index >= 15 is 0 Å². The average molecular weight is 673 g/mol. The first-order valence-corrected chi connectivity index (χ1v) is 16.8. The second-order valence-electron chi connectivity index (χ2n) is 9.79. The van der Waals surface area contributed by atoms with Gasteiger partial charge in [-0.05, 0) is 56.8 Å². The molecule has 10 nitrogen and oxygen atoms in total. The number of nitrogens with one attached hydrogen (secondary N) is 1. The Morgan fingerprint density at radius 2 is 1.98 bits per heavy atom. The average Bonchev–Trinajstić information content (AvgIpc) is 3.75. The number of carbonyl (C=O) groups is 2. The Bertz CT molecular complexity index is 1690. The van der Waals surface area contributed by atoms with Crippen LogP contribution in [-0.4, -0.2) is 72.7 Å². The van der Waals surface area contributed by atoms with Crippen molar-refractivity contribution in [2.24, 2.45) is 5.92 Å². The van der Waals surface area contributed by atoms with Crippen molar-refractivity contribution in [2.75, 3.05) is 30.5 Å². The maximum atomic E-state index is 13.3. The van der Waals surface area contributed by atoms with Crippen molar-refractivity contribution >= 4 is 61.2 Å². The number of sulfonamides is 1. The maximum Gasteiger partial charge on any atom is 0.490 e. The van der Waals surface area contributed by atoms with Crippen molar-refractivity contribution in [3.05, 3.63) is 52.9 Å². The number of likely N-dealkylation sites (tertiary alicyclic amines) is 1. The SMILES string of the molecule is CCOC(=O)C1CCCN(Cc2cnc(-c3cc4cccc(N(CC)S(=O)(=O)c5cccs5)c4[nH]3)s2)C1.O=C(O)C(F)(F)F. The molecule has 0 bridgehead atoms. The van der Waals surface area contributed by atoms with Crippen molar-refractivity contribution in [1.29, 1.82) is 0 Å². The van der Waals surface area contributed by atoms with Gasteiger partial charge in [-0.2, -0.15) is 13.2 Å². The van der Waals surface area contributed by atoms with Crippen molar-refractivity contribution in [2.45, 2.75) is 43.6 Å². The van der Waals surface area contributed by atoms with Gasteiger partial charge in [-0.25, -0.2) is 18.2 Å². The van der Waals surface area contributed by atoms with Crippen molar-refractivity contribution < 1.29 is 41.0 Å². The molecule has 0 amide bonds. The molecule has 2 N–H and O–H groups in total. The van der Waals surface area contributed by atoms with Gasteiger partial charge in [0.15, 0.2) is 0 Å². The second kappa shape index (κ2) is 14.1. The Labute approximate surface area is 260 Å². The summed E-state index contributed by atoms with van der Waals surface area (Å²) >= 11 is 2.83. The second-order valence-corrected chi connectivity index (χ2v) is 13.9. The predicted octanol–water partition coefficient (Wildman–Crippen LogP) is 5.98. The van der Waals surface area contributed by atoms with Gasteiger partial charge in [0, 0.05) is 36.1 Å². The number of carboxylic acids is 1. The lowest BCUT2D eigenvalue weighted by Crippen LogP contribution is -2.38. The number of para-hydroxylation sites is 1. The van der Waals surface area contributed by atoms with Gasteiger partial charge < -0.3 is 14.8 Å². The fourth-order valence-corrected chi connectivity index (χ4v) is 8.35. The predicted molar refractivity (Wildman–Crippen MR) is 162 cm³/mol. The van der Waals surface area contributed by atoms with Crippen molar-refractivity contribution in [1.82, 2.24) is 14.9 Å². The van der Waals surface area contributed by atoms with E-state index in [9.17, 15) is 26.4 Å². The number of H-pyrrole nitrogens is 1. The summed E-state index contributed by atoms with van der Waals surface area (Å²) < 4.78 is 65.4. The fourth-order valence-electron chi connectivity index (χ4n) is 4.83. The van der Waals surface area contributed by atoms with Crippen LogP contribution in [0.5, 0.6) is 0 Å². The van der Waals surface area contributed by atoms with E-state index < -0.39 is 22.2 Å². The molecule has 0 radical (unpaired) electrons.